The number of nitrogens with zero attached hydrogens (tertiary/aromatic N) is 1. The zero-order valence-corrected chi connectivity index (χ0v) is 8.47. The fourth-order valence-corrected chi connectivity index (χ4v) is 1.38. The molecule has 0 amide bonds. The lowest BCUT2D eigenvalue weighted by Gasteiger charge is -2.17. The van der Waals surface area contributed by atoms with Crippen LogP contribution >= 0.6 is 0 Å². The highest BCUT2D eigenvalue weighted by atomic mass is 16.4. The molecule has 3 nitrogen and oxygen atoms in total. The maximum Gasteiger partial charge on any atom is 0.312 e. The smallest absolute Gasteiger partial charge is 0.312 e. The van der Waals surface area contributed by atoms with Crippen LogP contribution in [0, 0.1) is 0 Å². The third-order valence-corrected chi connectivity index (χ3v) is 2.05. The molecule has 14 heavy (non-hydrogen) atoms. The zero-order valence-electron chi connectivity index (χ0n) is 8.47. The molecule has 3 heteroatoms. The van der Waals surface area contributed by atoms with Gasteiger partial charge in [-0.2, -0.15) is 0 Å². The van der Waals surface area contributed by atoms with Crippen molar-refractivity contribution in [1.82, 2.24) is 4.90 Å². The summed E-state index contributed by atoms with van der Waals surface area (Å²) in [7, 11) is 3.75. The van der Waals surface area contributed by atoms with Gasteiger partial charge in [0.15, 0.2) is 0 Å². The highest BCUT2D eigenvalue weighted by molar-refractivity contribution is 5.76. The van der Waals surface area contributed by atoms with E-state index in [4.69, 9.17) is 5.11 Å². The van der Waals surface area contributed by atoms with Crippen molar-refractivity contribution in [1.29, 1.82) is 0 Å². The van der Waals surface area contributed by atoms with E-state index < -0.39 is 11.9 Å². The van der Waals surface area contributed by atoms with Crippen LogP contribution in [0.4, 0.5) is 0 Å². The van der Waals surface area contributed by atoms with E-state index >= 15 is 0 Å². The third-order valence-electron chi connectivity index (χ3n) is 2.05. The van der Waals surface area contributed by atoms with E-state index in [-0.39, 0.29) is 0 Å². The van der Waals surface area contributed by atoms with Crippen molar-refractivity contribution in [2.75, 3.05) is 20.6 Å². The van der Waals surface area contributed by atoms with E-state index in [0.717, 1.165) is 5.56 Å². The molecule has 1 N–H and O–H groups in total. The summed E-state index contributed by atoms with van der Waals surface area (Å²) >= 11 is 0. The first-order valence-electron chi connectivity index (χ1n) is 4.53. The molecule has 0 aliphatic heterocycles. The summed E-state index contributed by atoms with van der Waals surface area (Å²) in [4.78, 5) is 12.9. The molecule has 0 aliphatic carbocycles. The molecule has 1 aromatic carbocycles. The number of carboxylic acid groups (broad SMARTS) is 1. The monoisotopic (exact) mass is 193 g/mol. The SMILES string of the molecule is CN(C)C[C@H](C(=O)O)c1ccccc1. The van der Waals surface area contributed by atoms with Gasteiger partial charge in [0.25, 0.3) is 0 Å². The molecule has 0 heterocycles. The van der Waals surface area contributed by atoms with Crippen LogP contribution in [0.15, 0.2) is 30.3 Å². The molecular formula is C11H15NO2. The Morgan fingerprint density at radius 3 is 2.36 bits per heavy atom. The molecule has 0 unspecified atom stereocenters. The Balaban J connectivity index is 2.84. The number of carbonyl (C=O) groups is 1. The summed E-state index contributed by atoms with van der Waals surface area (Å²) in [6, 6.07) is 9.31. The van der Waals surface area contributed by atoms with Gasteiger partial charge in [0.2, 0.25) is 0 Å². The van der Waals surface area contributed by atoms with Gasteiger partial charge in [-0.15, -0.1) is 0 Å². The lowest BCUT2D eigenvalue weighted by atomic mass is 9.99. The van der Waals surface area contributed by atoms with Gasteiger partial charge in [-0.05, 0) is 19.7 Å². The van der Waals surface area contributed by atoms with Gasteiger partial charge in [-0.3, -0.25) is 4.79 Å². The minimum absolute atomic E-state index is 0.439. The van der Waals surface area contributed by atoms with Gasteiger partial charge >= 0.3 is 5.97 Å². The molecule has 0 spiro atoms. The number of benzene rings is 1. The minimum atomic E-state index is -0.773. The topological polar surface area (TPSA) is 40.5 Å². The average molecular weight is 193 g/mol. The van der Waals surface area contributed by atoms with Crippen LogP contribution in [-0.2, 0) is 4.79 Å². The van der Waals surface area contributed by atoms with Crippen molar-refractivity contribution in [3.8, 4) is 0 Å². The summed E-state index contributed by atoms with van der Waals surface area (Å²) in [6.07, 6.45) is 0. The number of rotatable bonds is 4. The van der Waals surface area contributed by atoms with Crippen molar-refractivity contribution in [3.63, 3.8) is 0 Å². The Labute approximate surface area is 84.0 Å². The Kier molecular flexibility index (Phi) is 3.65. The van der Waals surface area contributed by atoms with E-state index in [9.17, 15) is 4.79 Å². The van der Waals surface area contributed by atoms with Crippen molar-refractivity contribution < 1.29 is 9.90 Å². The molecule has 76 valence electrons. The molecule has 0 bridgehead atoms. The molecule has 0 aromatic heterocycles. The molecule has 0 aliphatic rings. The van der Waals surface area contributed by atoms with Gasteiger partial charge in [0.05, 0.1) is 5.92 Å². The predicted octanol–water partition coefficient (Wildman–Crippen LogP) is 1.42. The average Bonchev–Trinajstić information content (AvgIpc) is 2.15. The normalized spacial score (nSPS) is 12.8. The first-order chi connectivity index (χ1) is 6.61. The van der Waals surface area contributed by atoms with Crippen molar-refractivity contribution in [3.05, 3.63) is 35.9 Å². The molecular weight excluding hydrogens is 178 g/mol. The molecule has 0 saturated heterocycles. The molecule has 1 rings (SSSR count). The van der Waals surface area contributed by atoms with Crippen molar-refractivity contribution in [2.24, 2.45) is 0 Å². The third kappa shape index (κ3) is 2.85. The van der Waals surface area contributed by atoms with Crippen molar-refractivity contribution in [2.45, 2.75) is 5.92 Å². The minimum Gasteiger partial charge on any atom is -0.481 e. The van der Waals surface area contributed by atoms with Crippen LogP contribution in [0.2, 0.25) is 0 Å². The molecule has 0 fully saturated rings. The van der Waals surface area contributed by atoms with Crippen LogP contribution in [0.25, 0.3) is 0 Å². The van der Waals surface area contributed by atoms with E-state index in [1.165, 1.54) is 0 Å². The van der Waals surface area contributed by atoms with Gasteiger partial charge < -0.3 is 10.0 Å². The van der Waals surface area contributed by atoms with Crippen LogP contribution in [0.1, 0.15) is 11.5 Å². The highest BCUT2D eigenvalue weighted by Crippen LogP contribution is 2.16. The number of likely N-dealkylation sites (N-methyl/N-ethyl adjacent to an activating group) is 1. The standard InChI is InChI=1S/C11H15NO2/c1-12(2)8-10(11(13)14)9-6-4-3-5-7-9/h3-7,10H,8H2,1-2H3,(H,13,14)/t10-/m0/s1. The summed E-state index contributed by atoms with van der Waals surface area (Å²) in [5.41, 5.74) is 0.855. The number of hydrogen-bond donors (Lipinski definition) is 1. The van der Waals surface area contributed by atoms with E-state index in [2.05, 4.69) is 0 Å². The molecule has 1 aromatic rings. The summed E-state index contributed by atoms with van der Waals surface area (Å²) in [6.45, 7) is 0.527. The summed E-state index contributed by atoms with van der Waals surface area (Å²) in [5.74, 6) is -1.21. The van der Waals surface area contributed by atoms with E-state index in [1.807, 2.05) is 49.3 Å². The highest BCUT2D eigenvalue weighted by Gasteiger charge is 2.19. The zero-order chi connectivity index (χ0) is 10.6. The van der Waals surface area contributed by atoms with Gasteiger partial charge in [-0.25, -0.2) is 0 Å². The van der Waals surface area contributed by atoms with E-state index in [1.54, 1.807) is 0 Å². The largest absolute Gasteiger partial charge is 0.481 e. The number of hydrogen-bond acceptors (Lipinski definition) is 2. The maximum atomic E-state index is 11.0. The van der Waals surface area contributed by atoms with Gasteiger partial charge in [0, 0.05) is 6.54 Å². The number of carboxylic acids is 1. The van der Waals surface area contributed by atoms with Crippen LogP contribution in [0.5, 0.6) is 0 Å². The first kappa shape index (κ1) is 10.7. The van der Waals surface area contributed by atoms with Crippen molar-refractivity contribution >= 4 is 5.97 Å². The maximum absolute atomic E-state index is 11.0. The fourth-order valence-electron chi connectivity index (χ4n) is 1.38. The van der Waals surface area contributed by atoms with E-state index in [0.29, 0.717) is 6.54 Å². The van der Waals surface area contributed by atoms with Crippen LogP contribution in [0.3, 0.4) is 0 Å². The Bertz CT molecular complexity index is 295. The lowest BCUT2D eigenvalue weighted by Crippen LogP contribution is -2.25. The second kappa shape index (κ2) is 4.77. The first-order valence-corrected chi connectivity index (χ1v) is 4.53. The Hall–Kier alpha value is -1.35. The van der Waals surface area contributed by atoms with Gasteiger partial charge in [-0.1, -0.05) is 30.3 Å². The quantitative estimate of drug-likeness (QED) is 0.786. The van der Waals surface area contributed by atoms with Crippen LogP contribution < -0.4 is 0 Å². The van der Waals surface area contributed by atoms with Gasteiger partial charge in [0.1, 0.15) is 0 Å². The Morgan fingerprint density at radius 2 is 1.93 bits per heavy atom. The number of aliphatic carboxylic acids is 1. The molecule has 0 saturated carbocycles. The predicted molar refractivity (Wildman–Crippen MR) is 55.4 cm³/mol. The summed E-state index contributed by atoms with van der Waals surface area (Å²) in [5, 5.41) is 9.05. The lowest BCUT2D eigenvalue weighted by molar-refractivity contribution is -0.139. The molecule has 1 atom stereocenters. The Morgan fingerprint density at radius 1 is 1.36 bits per heavy atom. The second-order valence-corrected chi connectivity index (χ2v) is 3.56. The molecule has 0 radical (unpaired) electrons. The fraction of sp³-hybridized carbons (Fsp3) is 0.364. The van der Waals surface area contributed by atoms with Crippen LogP contribution in [-0.4, -0.2) is 36.6 Å². The second-order valence-electron chi connectivity index (χ2n) is 3.56. The summed E-state index contributed by atoms with van der Waals surface area (Å²) < 4.78 is 0.